The predicted molar refractivity (Wildman–Crippen MR) is 92.1 cm³/mol. The molecule has 0 radical (unpaired) electrons. The summed E-state index contributed by atoms with van der Waals surface area (Å²) in [5, 5.41) is 3.69. The van der Waals surface area contributed by atoms with E-state index < -0.39 is 0 Å². The third kappa shape index (κ3) is 2.95. The summed E-state index contributed by atoms with van der Waals surface area (Å²) >= 11 is 6.14. The first-order chi connectivity index (χ1) is 11.6. The second kappa shape index (κ2) is 6.45. The third-order valence-corrected chi connectivity index (χ3v) is 5.74. The minimum atomic E-state index is -0.119. The number of carbonyl (C=O) groups is 1. The van der Waals surface area contributed by atoms with Crippen molar-refractivity contribution >= 4 is 17.5 Å². The van der Waals surface area contributed by atoms with Gasteiger partial charge in [-0.25, -0.2) is 0 Å². The molecule has 24 heavy (non-hydrogen) atoms. The number of piperidine rings is 2. The number of nitrogens with zero attached hydrogens (tertiary/aromatic N) is 1. The summed E-state index contributed by atoms with van der Waals surface area (Å²) in [5.41, 5.74) is 0.473. The highest BCUT2D eigenvalue weighted by atomic mass is 35.5. The van der Waals surface area contributed by atoms with Crippen molar-refractivity contribution in [2.45, 2.75) is 50.2 Å². The van der Waals surface area contributed by atoms with Crippen molar-refractivity contribution in [1.82, 2.24) is 10.2 Å². The lowest BCUT2D eigenvalue weighted by molar-refractivity contribution is 0.0461. The van der Waals surface area contributed by atoms with Crippen LogP contribution in [0.3, 0.4) is 0 Å². The highest BCUT2D eigenvalue weighted by molar-refractivity contribution is 6.31. The summed E-state index contributed by atoms with van der Waals surface area (Å²) in [6.07, 6.45) is 5.77. The minimum Gasteiger partial charge on any atom is -0.486 e. The van der Waals surface area contributed by atoms with Gasteiger partial charge in [0.1, 0.15) is 13.2 Å². The van der Waals surface area contributed by atoms with Gasteiger partial charge in [-0.1, -0.05) is 18.0 Å². The number of halogens is 1. The van der Waals surface area contributed by atoms with E-state index in [2.05, 4.69) is 17.3 Å². The molecule has 4 rings (SSSR count). The number of nitrogens with one attached hydrogen (secondary N) is 1. The molecule has 1 aromatic carbocycles. The number of rotatable bonds is 2. The Balaban J connectivity index is 1.52. The standard InChI is InChI=1S/C18H23ClN2O3/c1-21-13-3-2-4-14(21)10-12(9-13)20-18(22)15-7-11(19)8-16-17(15)24-6-5-23-16/h7-8,12-14H,2-6,9-10H2,1H3,(H,20,22)/t12?,13-,14+. The third-order valence-electron chi connectivity index (χ3n) is 5.53. The average molecular weight is 351 g/mol. The maximum absolute atomic E-state index is 12.8. The van der Waals surface area contributed by atoms with E-state index in [0.29, 0.717) is 47.4 Å². The van der Waals surface area contributed by atoms with Crippen LogP contribution in [0.15, 0.2) is 12.1 Å². The van der Waals surface area contributed by atoms with Crippen LogP contribution in [0.2, 0.25) is 5.02 Å². The summed E-state index contributed by atoms with van der Waals surface area (Å²) in [7, 11) is 2.21. The molecule has 3 heterocycles. The quantitative estimate of drug-likeness (QED) is 0.891. The molecular formula is C18H23ClN2O3. The van der Waals surface area contributed by atoms with E-state index in [1.807, 2.05) is 0 Å². The van der Waals surface area contributed by atoms with Crippen LogP contribution in [0.4, 0.5) is 0 Å². The lowest BCUT2D eigenvalue weighted by Crippen LogP contribution is -2.55. The summed E-state index contributed by atoms with van der Waals surface area (Å²) in [6.45, 7) is 0.931. The second-order valence-corrected chi connectivity index (χ2v) is 7.46. The number of hydrogen-bond donors (Lipinski definition) is 1. The van der Waals surface area contributed by atoms with Gasteiger partial charge < -0.3 is 19.7 Å². The number of fused-ring (bicyclic) bond motifs is 3. The van der Waals surface area contributed by atoms with Crippen LogP contribution in [0.5, 0.6) is 11.5 Å². The molecule has 2 saturated heterocycles. The van der Waals surface area contributed by atoms with Crippen molar-refractivity contribution in [3.8, 4) is 11.5 Å². The van der Waals surface area contributed by atoms with E-state index in [-0.39, 0.29) is 11.9 Å². The zero-order valence-electron chi connectivity index (χ0n) is 13.9. The van der Waals surface area contributed by atoms with Gasteiger partial charge in [0.25, 0.3) is 5.91 Å². The maximum atomic E-state index is 12.8. The molecule has 1 aromatic rings. The molecule has 3 aliphatic rings. The SMILES string of the molecule is CN1[C@@H]2CCC[C@H]1CC(NC(=O)c1cc(Cl)cc3c1OCCO3)C2. The Hall–Kier alpha value is -1.46. The lowest BCUT2D eigenvalue weighted by atomic mass is 9.82. The van der Waals surface area contributed by atoms with E-state index >= 15 is 0 Å². The minimum absolute atomic E-state index is 0.119. The molecule has 1 N–H and O–H groups in total. The number of carbonyl (C=O) groups excluding carboxylic acids is 1. The second-order valence-electron chi connectivity index (χ2n) is 7.02. The highest BCUT2D eigenvalue weighted by Gasteiger charge is 2.37. The zero-order chi connectivity index (χ0) is 16.7. The van der Waals surface area contributed by atoms with Crippen LogP contribution < -0.4 is 14.8 Å². The Kier molecular flexibility index (Phi) is 4.31. The first-order valence-electron chi connectivity index (χ1n) is 8.74. The number of ether oxygens (including phenoxy) is 2. The largest absolute Gasteiger partial charge is 0.486 e. The Bertz CT molecular complexity index is 637. The van der Waals surface area contributed by atoms with Gasteiger partial charge in [0.2, 0.25) is 0 Å². The van der Waals surface area contributed by atoms with Crippen molar-refractivity contribution in [1.29, 1.82) is 0 Å². The number of benzene rings is 1. The first-order valence-corrected chi connectivity index (χ1v) is 9.11. The van der Waals surface area contributed by atoms with Gasteiger partial charge in [0, 0.05) is 29.2 Å². The smallest absolute Gasteiger partial charge is 0.255 e. The van der Waals surface area contributed by atoms with Gasteiger partial charge in [-0.2, -0.15) is 0 Å². The van der Waals surface area contributed by atoms with E-state index in [1.165, 1.54) is 19.3 Å². The fourth-order valence-corrected chi connectivity index (χ4v) is 4.49. The fraction of sp³-hybridized carbons (Fsp3) is 0.611. The van der Waals surface area contributed by atoms with E-state index in [9.17, 15) is 4.79 Å². The van der Waals surface area contributed by atoms with Gasteiger partial charge >= 0.3 is 0 Å². The molecule has 1 amide bonds. The molecule has 5 nitrogen and oxygen atoms in total. The van der Waals surface area contributed by atoms with Gasteiger partial charge in [-0.15, -0.1) is 0 Å². The molecule has 3 atom stereocenters. The normalized spacial score (nSPS) is 29.2. The fourth-order valence-electron chi connectivity index (χ4n) is 4.29. The molecule has 2 fully saturated rings. The summed E-state index contributed by atoms with van der Waals surface area (Å²) in [4.78, 5) is 15.3. The molecule has 130 valence electrons. The predicted octanol–water partition coefficient (Wildman–Crippen LogP) is 2.86. The first kappa shape index (κ1) is 16.0. The number of hydrogen-bond acceptors (Lipinski definition) is 4. The molecule has 0 spiro atoms. The van der Waals surface area contributed by atoms with Crippen LogP contribution in [0.25, 0.3) is 0 Å². The Morgan fingerprint density at radius 3 is 2.67 bits per heavy atom. The lowest BCUT2D eigenvalue weighted by Gasteiger charge is -2.47. The Morgan fingerprint density at radius 2 is 1.92 bits per heavy atom. The molecule has 0 aromatic heterocycles. The van der Waals surface area contributed by atoms with Crippen LogP contribution in [-0.2, 0) is 0 Å². The maximum Gasteiger partial charge on any atom is 0.255 e. The van der Waals surface area contributed by atoms with Crippen LogP contribution >= 0.6 is 11.6 Å². The van der Waals surface area contributed by atoms with E-state index in [0.717, 1.165) is 12.8 Å². The molecular weight excluding hydrogens is 328 g/mol. The van der Waals surface area contributed by atoms with Gasteiger partial charge in [0.05, 0.1) is 5.56 Å². The molecule has 0 aliphatic carbocycles. The number of amides is 1. The highest BCUT2D eigenvalue weighted by Crippen LogP contribution is 2.37. The summed E-state index contributed by atoms with van der Waals surface area (Å²) in [5.74, 6) is 0.947. The van der Waals surface area contributed by atoms with Crippen LogP contribution in [0.1, 0.15) is 42.5 Å². The topological polar surface area (TPSA) is 50.8 Å². The Labute approximate surface area is 147 Å². The summed E-state index contributed by atoms with van der Waals surface area (Å²) < 4.78 is 11.2. The average Bonchev–Trinajstić information content (AvgIpc) is 2.55. The van der Waals surface area contributed by atoms with E-state index in [4.69, 9.17) is 21.1 Å². The van der Waals surface area contributed by atoms with Crippen molar-refractivity contribution in [3.63, 3.8) is 0 Å². The molecule has 1 unspecified atom stereocenters. The van der Waals surface area contributed by atoms with Crippen molar-refractivity contribution < 1.29 is 14.3 Å². The molecule has 2 bridgehead atoms. The van der Waals surface area contributed by atoms with Crippen LogP contribution in [-0.4, -0.2) is 49.2 Å². The van der Waals surface area contributed by atoms with Crippen molar-refractivity contribution in [3.05, 3.63) is 22.7 Å². The van der Waals surface area contributed by atoms with Crippen molar-refractivity contribution in [2.75, 3.05) is 20.3 Å². The molecule has 0 saturated carbocycles. The van der Waals surface area contributed by atoms with Crippen molar-refractivity contribution in [2.24, 2.45) is 0 Å². The Morgan fingerprint density at radius 1 is 1.21 bits per heavy atom. The summed E-state index contributed by atoms with van der Waals surface area (Å²) in [6, 6.07) is 4.74. The van der Waals surface area contributed by atoms with E-state index in [1.54, 1.807) is 12.1 Å². The van der Waals surface area contributed by atoms with Gasteiger partial charge in [-0.05, 0) is 38.8 Å². The van der Waals surface area contributed by atoms with Gasteiger partial charge in [0.15, 0.2) is 11.5 Å². The van der Waals surface area contributed by atoms with Gasteiger partial charge in [-0.3, -0.25) is 4.79 Å². The monoisotopic (exact) mass is 350 g/mol. The van der Waals surface area contributed by atoms with Crippen LogP contribution in [0, 0.1) is 0 Å². The zero-order valence-corrected chi connectivity index (χ0v) is 14.6. The molecule has 6 heteroatoms. The molecule has 3 aliphatic heterocycles.